The summed E-state index contributed by atoms with van der Waals surface area (Å²) in [5, 5.41) is 13.1. The third-order valence-electron chi connectivity index (χ3n) is 4.34. The summed E-state index contributed by atoms with van der Waals surface area (Å²) in [6.07, 6.45) is 5.25. The van der Waals surface area contributed by atoms with E-state index in [1.165, 1.54) is 11.1 Å². The van der Waals surface area contributed by atoms with Crippen molar-refractivity contribution in [3.63, 3.8) is 0 Å². The highest BCUT2D eigenvalue weighted by atomic mass is 16.5. The Morgan fingerprint density at radius 1 is 1.37 bits per heavy atom. The zero-order valence-corrected chi connectivity index (χ0v) is 11.2. The lowest BCUT2D eigenvalue weighted by molar-refractivity contribution is 0.103. The fourth-order valence-electron chi connectivity index (χ4n) is 3.14. The van der Waals surface area contributed by atoms with E-state index in [1.54, 1.807) is 0 Å². The Balaban J connectivity index is 1.69. The summed E-state index contributed by atoms with van der Waals surface area (Å²) < 4.78 is 5.63. The van der Waals surface area contributed by atoms with Crippen LogP contribution in [0, 0.1) is 11.3 Å². The fourth-order valence-corrected chi connectivity index (χ4v) is 3.14. The van der Waals surface area contributed by atoms with Gasteiger partial charge in [0.2, 0.25) is 0 Å². The predicted octanol–water partition coefficient (Wildman–Crippen LogP) is 2.21. The number of nitriles is 1. The zero-order chi connectivity index (χ0) is 13.1. The number of fused-ring (bicyclic) bond motifs is 1. The molecule has 1 aromatic carbocycles. The Labute approximate surface area is 114 Å². The van der Waals surface area contributed by atoms with Gasteiger partial charge in [0.1, 0.15) is 5.54 Å². The van der Waals surface area contributed by atoms with Gasteiger partial charge in [0, 0.05) is 19.6 Å². The van der Waals surface area contributed by atoms with Crippen molar-refractivity contribution in [2.45, 2.75) is 43.7 Å². The van der Waals surface area contributed by atoms with Crippen LogP contribution < -0.4 is 5.32 Å². The van der Waals surface area contributed by atoms with Crippen LogP contribution in [0.5, 0.6) is 0 Å². The predicted molar refractivity (Wildman–Crippen MR) is 73.8 cm³/mol. The van der Waals surface area contributed by atoms with Crippen molar-refractivity contribution in [2.24, 2.45) is 0 Å². The Hall–Kier alpha value is -1.37. The van der Waals surface area contributed by atoms with E-state index < -0.39 is 5.54 Å². The van der Waals surface area contributed by atoms with E-state index in [2.05, 4.69) is 35.7 Å². The molecule has 1 heterocycles. The van der Waals surface area contributed by atoms with Crippen molar-refractivity contribution in [1.29, 1.82) is 5.26 Å². The second kappa shape index (κ2) is 5.32. The molecule has 0 radical (unpaired) electrons. The van der Waals surface area contributed by atoms with Crippen molar-refractivity contribution >= 4 is 0 Å². The Bertz CT molecular complexity index is 488. The van der Waals surface area contributed by atoms with Gasteiger partial charge in [0.15, 0.2) is 0 Å². The molecule has 0 bridgehead atoms. The Kier molecular flexibility index (Phi) is 3.54. The third kappa shape index (κ3) is 2.65. The van der Waals surface area contributed by atoms with Gasteiger partial charge in [0.05, 0.1) is 12.2 Å². The molecule has 3 nitrogen and oxygen atoms in total. The minimum atomic E-state index is -0.402. The Morgan fingerprint density at radius 2 is 2.21 bits per heavy atom. The molecule has 2 atom stereocenters. The summed E-state index contributed by atoms with van der Waals surface area (Å²) >= 11 is 0. The third-order valence-corrected chi connectivity index (χ3v) is 4.34. The van der Waals surface area contributed by atoms with E-state index in [4.69, 9.17) is 4.74 Å². The fraction of sp³-hybridized carbons (Fsp3) is 0.562. The first-order valence-electron chi connectivity index (χ1n) is 7.16. The van der Waals surface area contributed by atoms with Crippen LogP contribution in [0.3, 0.4) is 0 Å². The highest BCUT2D eigenvalue weighted by molar-refractivity contribution is 5.34. The first-order chi connectivity index (χ1) is 9.31. The summed E-state index contributed by atoms with van der Waals surface area (Å²) in [6.45, 7) is 1.67. The van der Waals surface area contributed by atoms with Gasteiger partial charge in [-0.15, -0.1) is 0 Å². The molecule has 1 aromatic rings. The molecule has 0 spiro atoms. The highest BCUT2D eigenvalue weighted by Crippen LogP contribution is 2.28. The molecule has 1 fully saturated rings. The summed E-state index contributed by atoms with van der Waals surface area (Å²) in [6, 6.07) is 11.0. The van der Waals surface area contributed by atoms with Gasteiger partial charge in [-0.05, 0) is 36.8 Å². The maximum atomic E-state index is 9.59. The maximum absolute atomic E-state index is 9.59. The van der Waals surface area contributed by atoms with Crippen molar-refractivity contribution in [3.05, 3.63) is 35.4 Å². The molecule has 0 saturated carbocycles. The molecule has 1 saturated heterocycles. The van der Waals surface area contributed by atoms with E-state index in [-0.39, 0.29) is 0 Å². The lowest BCUT2D eigenvalue weighted by Crippen LogP contribution is -2.50. The standard InChI is InChI=1S/C16H20N2O/c17-12-16(18-11-15-6-3-9-19-15)8-7-13-4-1-2-5-14(13)10-16/h1-2,4-5,15,18H,3,6-11H2. The first-order valence-corrected chi connectivity index (χ1v) is 7.16. The minimum Gasteiger partial charge on any atom is -0.377 e. The van der Waals surface area contributed by atoms with Crippen molar-refractivity contribution < 1.29 is 4.74 Å². The van der Waals surface area contributed by atoms with Crippen molar-refractivity contribution in [3.8, 4) is 6.07 Å². The molecule has 3 rings (SSSR count). The highest BCUT2D eigenvalue weighted by Gasteiger charge is 2.34. The number of hydrogen-bond donors (Lipinski definition) is 1. The molecule has 1 aliphatic heterocycles. The van der Waals surface area contributed by atoms with Crippen LogP contribution in [0.1, 0.15) is 30.4 Å². The molecule has 3 heteroatoms. The molecule has 19 heavy (non-hydrogen) atoms. The van der Waals surface area contributed by atoms with Crippen molar-refractivity contribution in [2.75, 3.05) is 13.2 Å². The van der Waals surface area contributed by atoms with Crippen LogP contribution in [0.25, 0.3) is 0 Å². The molecule has 100 valence electrons. The van der Waals surface area contributed by atoms with Gasteiger partial charge in [0.25, 0.3) is 0 Å². The van der Waals surface area contributed by atoms with E-state index in [0.29, 0.717) is 6.10 Å². The molecule has 1 N–H and O–H groups in total. The van der Waals surface area contributed by atoms with Crippen LogP contribution in [0.4, 0.5) is 0 Å². The van der Waals surface area contributed by atoms with Crippen molar-refractivity contribution in [1.82, 2.24) is 5.32 Å². The molecule has 2 unspecified atom stereocenters. The largest absolute Gasteiger partial charge is 0.377 e. The molecule has 0 aromatic heterocycles. The summed E-state index contributed by atoms with van der Waals surface area (Å²) in [7, 11) is 0. The smallest absolute Gasteiger partial charge is 0.111 e. The molecule has 0 amide bonds. The van der Waals surface area contributed by atoms with E-state index in [9.17, 15) is 5.26 Å². The normalized spacial score (nSPS) is 29.7. The summed E-state index contributed by atoms with van der Waals surface area (Å²) in [5.41, 5.74) is 2.31. The molecular formula is C16H20N2O. The van der Waals surface area contributed by atoms with Crippen LogP contribution in [-0.2, 0) is 17.6 Å². The number of nitrogens with zero attached hydrogens (tertiary/aromatic N) is 1. The molecular weight excluding hydrogens is 236 g/mol. The van der Waals surface area contributed by atoms with Gasteiger partial charge in [-0.2, -0.15) is 5.26 Å². The van der Waals surface area contributed by atoms with Gasteiger partial charge < -0.3 is 4.74 Å². The van der Waals surface area contributed by atoms with E-state index in [0.717, 1.165) is 45.3 Å². The number of aryl methyl sites for hydroxylation is 1. The minimum absolute atomic E-state index is 0.294. The quantitative estimate of drug-likeness (QED) is 0.901. The van der Waals surface area contributed by atoms with E-state index >= 15 is 0 Å². The second-order valence-corrected chi connectivity index (χ2v) is 5.66. The number of nitrogens with one attached hydrogen (secondary N) is 1. The van der Waals surface area contributed by atoms with Gasteiger partial charge >= 0.3 is 0 Å². The lowest BCUT2D eigenvalue weighted by Gasteiger charge is -2.34. The average molecular weight is 256 g/mol. The summed E-state index contributed by atoms with van der Waals surface area (Å²) in [5.74, 6) is 0. The molecule has 2 aliphatic rings. The molecule has 1 aliphatic carbocycles. The lowest BCUT2D eigenvalue weighted by atomic mass is 9.79. The first kappa shape index (κ1) is 12.7. The monoisotopic (exact) mass is 256 g/mol. The van der Waals surface area contributed by atoms with Crippen LogP contribution in [0.15, 0.2) is 24.3 Å². The zero-order valence-electron chi connectivity index (χ0n) is 11.2. The van der Waals surface area contributed by atoms with Gasteiger partial charge in [-0.1, -0.05) is 24.3 Å². The van der Waals surface area contributed by atoms with E-state index in [1.807, 2.05) is 0 Å². The SMILES string of the molecule is N#CC1(NCC2CCCO2)CCc2ccccc2C1. The maximum Gasteiger partial charge on any atom is 0.111 e. The van der Waals surface area contributed by atoms with Gasteiger partial charge in [-0.3, -0.25) is 5.32 Å². The average Bonchev–Trinajstić information content (AvgIpc) is 2.98. The second-order valence-electron chi connectivity index (χ2n) is 5.66. The number of ether oxygens (including phenoxy) is 1. The number of hydrogen-bond acceptors (Lipinski definition) is 3. The Morgan fingerprint density at radius 3 is 2.95 bits per heavy atom. The van der Waals surface area contributed by atoms with Gasteiger partial charge in [-0.25, -0.2) is 0 Å². The number of benzene rings is 1. The van der Waals surface area contributed by atoms with Crippen LogP contribution in [0.2, 0.25) is 0 Å². The number of rotatable bonds is 3. The van der Waals surface area contributed by atoms with Crippen LogP contribution >= 0.6 is 0 Å². The topological polar surface area (TPSA) is 45.0 Å². The summed E-state index contributed by atoms with van der Waals surface area (Å²) in [4.78, 5) is 0. The van der Waals surface area contributed by atoms with Crippen LogP contribution in [-0.4, -0.2) is 24.8 Å².